The van der Waals surface area contributed by atoms with Crippen molar-refractivity contribution in [1.82, 2.24) is 10.2 Å². The summed E-state index contributed by atoms with van der Waals surface area (Å²) in [7, 11) is 0. The molecule has 20 heavy (non-hydrogen) atoms. The molecule has 1 aliphatic carbocycles. The molecular formula is C16H14FN3. The van der Waals surface area contributed by atoms with Gasteiger partial charge >= 0.3 is 0 Å². The number of aromatic nitrogens is 2. The molecule has 3 nitrogen and oxygen atoms in total. The van der Waals surface area contributed by atoms with Gasteiger partial charge in [0.2, 0.25) is 0 Å². The molecule has 0 aliphatic heterocycles. The standard InChI is InChI=1S/C16H14FN3/c17-14-3-1-2-13-12(14)5-7-16(13)19-11-4-6-15-10(8-11)9-18-20-15/h1-4,6,8-9,16,19H,5,7H2,(H,18,20). The molecule has 0 bridgehead atoms. The van der Waals surface area contributed by atoms with E-state index in [1.54, 1.807) is 12.1 Å². The predicted molar refractivity (Wildman–Crippen MR) is 77.2 cm³/mol. The second kappa shape index (κ2) is 4.34. The minimum absolute atomic E-state index is 0.0860. The largest absolute Gasteiger partial charge is 0.378 e. The average molecular weight is 267 g/mol. The van der Waals surface area contributed by atoms with Crippen molar-refractivity contribution in [1.29, 1.82) is 0 Å². The Kier molecular flexibility index (Phi) is 2.49. The van der Waals surface area contributed by atoms with Crippen molar-refractivity contribution in [3.05, 3.63) is 59.5 Å². The normalized spacial score (nSPS) is 17.4. The van der Waals surface area contributed by atoms with Gasteiger partial charge in [-0.1, -0.05) is 12.1 Å². The van der Waals surface area contributed by atoms with E-state index in [-0.39, 0.29) is 11.9 Å². The SMILES string of the molecule is Fc1cccc2c1CCC2Nc1ccc2[nH]ncc2c1. The van der Waals surface area contributed by atoms with Gasteiger partial charge in [-0.3, -0.25) is 5.10 Å². The van der Waals surface area contributed by atoms with Crippen LogP contribution in [0.4, 0.5) is 10.1 Å². The van der Waals surface area contributed by atoms with E-state index in [4.69, 9.17) is 0 Å². The highest BCUT2D eigenvalue weighted by atomic mass is 19.1. The van der Waals surface area contributed by atoms with Crippen molar-refractivity contribution in [3.63, 3.8) is 0 Å². The maximum atomic E-state index is 13.7. The van der Waals surface area contributed by atoms with Crippen LogP contribution in [0.1, 0.15) is 23.6 Å². The Morgan fingerprint density at radius 3 is 3.15 bits per heavy atom. The maximum absolute atomic E-state index is 13.7. The van der Waals surface area contributed by atoms with Crippen molar-refractivity contribution in [2.75, 3.05) is 5.32 Å². The van der Waals surface area contributed by atoms with Gasteiger partial charge in [-0.05, 0) is 48.2 Å². The molecule has 1 heterocycles. The minimum Gasteiger partial charge on any atom is -0.378 e. The summed E-state index contributed by atoms with van der Waals surface area (Å²) in [6, 6.07) is 11.6. The van der Waals surface area contributed by atoms with E-state index in [0.717, 1.165) is 40.6 Å². The molecule has 4 rings (SSSR count). The Morgan fingerprint density at radius 1 is 1.25 bits per heavy atom. The van der Waals surface area contributed by atoms with Crippen LogP contribution >= 0.6 is 0 Å². The molecule has 0 fully saturated rings. The zero-order valence-corrected chi connectivity index (χ0v) is 10.9. The van der Waals surface area contributed by atoms with Crippen LogP contribution < -0.4 is 5.32 Å². The fourth-order valence-electron chi connectivity index (χ4n) is 2.99. The Morgan fingerprint density at radius 2 is 2.20 bits per heavy atom. The number of benzene rings is 2. The molecular weight excluding hydrogens is 253 g/mol. The first-order valence-electron chi connectivity index (χ1n) is 6.78. The first-order chi connectivity index (χ1) is 9.81. The smallest absolute Gasteiger partial charge is 0.126 e. The van der Waals surface area contributed by atoms with Crippen LogP contribution in [0, 0.1) is 5.82 Å². The summed E-state index contributed by atoms with van der Waals surface area (Å²) in [5.41, 5.74) is 4.00. The summed E-state index contributed by atoms with van der Waals surface area (Å²) in [4.78, 5) is 0. The number of nitrogens with one attached hydrogen (secondary N) is 2. The van der Waals surface area contributed by atoms with E-state index in [9.17, 15) is 4.39 Å². The predicted octanol–water partition coefficient (Wildman–Crippen LogP) is 3.80. The highest BCUT2D eigenvalue weighted by Gasteiger charge is 2.24. The lowest BCUT2D eigenvalue weighted by atomic mass is 10.1. The van der Waals surface area contributed by atoms with E-state index in [0.29, 0.717) is 0 Å². The van der Waals surface area contributed by atoms with Crippen molar-refractivity contribution < 1.29 is 4.39 Å². The van der Waals surface area contributed by atoms with Crippen LogP contribution in [0.5, 0.6) is 0 Å². The number of hydrogen-bond donors (Lipinski definition) is 2. The van der Waals surface area contributed by atoms with E-state index >= 15 is 0 Å². The van der Waals surface area contributed by atoms with Gasteiger partial charge < -0.3 is 5.32 Å². The zero-order chi connectivity index (χ0) is 13.5. The molecule has 3 aromatic rings. The molecule has 2 N–H and O–H groups in total. The van der Waals surface area contributed by atoms with Gasteiger partial charge in [0.15, 0.2) is 0 Å². The van der Waals surface area contributed by atoms with Crippen LogP contribution in [0.25, 0.3) is 10.9 Å². The second-order valence-corrected chi connectivity index (χ2v) is 5.22. The Hall–Kier alpha value is -2.36. The summed E-state index contributed by atoms with van der Waals surface area (Å²) >= 11 is 0. The fourth-order valence-corrected chi connectivity index (χ4v) is 2.99. The van der Waals surface area contributed by atoms with Crippen molar-refractivity contribution in [3.8, 4) is 0 Å². The third-order valence-electron chi connectivity index (χ3n) is 3.99. The molecule has 1 atom stereocenters. The summed E-state index contributed by atoms with van der Waals surface area (Å²) in [6.07, 6.45) is 3.54. The molecule has 2 aromatic carbocycles. The summed E-state index contributed by atoms with van der Waals surface area (Å²) in [5.74, 6) is -0.0860. The highest BCUT2D eigenvalue weighted by Crippen LogP contribution is 2.35. The van der Waals surface area contributed by atoms with Gasteiger partial charge in [0.05, 0.1) is 17.8 Å². The lowest BCUT2D eigenvalue weighted by Crippen LogP contribution is -2.07. The van der Waals surface area contributed by atoms with Crippen molar-refractivity contribution in [2.45, 2.75) is 18.9 Å². The quantitative estimate of drug-likeness (QED) is 0.741. The molecule has 0 saturated heterocycles. The first-order valence-corrected chi connectivity index (χ1v) is 6.78. The van der Waals surface area contributed by atoms with Crippen molar-refractivity contribution >= 4 is 16.6 Å². The first kappa shape index (κ1) is 11.5. The number of halogens is 1. The molecule has 1 aliphatic rings. The zero-order valence-electron chi connectivity index (χ0n) is 10.9. The summed E-state index contributed by atoms with van der Waals surface area (Å²) in [6.45, 7) is 0. The molecule has 100 valence electrons. The van der Waals surface area contributed by atoms with Crippen LogP contribution in [-0.4, -0.2) is 10.2 Å². The number of fused-ring (bicyclic) bond motifs is 2. The number of H-pyrrole nitrogens is 1. The van der Waals surface area contributed by atoms with Crippen LogP contribution in [0.15, 0.2) is 42.6 Å². The van der Waals surface area contributed by atoms with Crippen molar-refractivity contribution in [2.24, 2.45) is 0 Å². The number of anilines is 1. The molecule has 1 aromatic heterocycles. The Labute approximate surface area is 115 Å². The number of hydrogen-bond acceptors (Lipinski definition) is 2. The lowest BCUT2D eigenvalue weighted by Gasteiger charge is -2.15. The fraction of sp³-hybridized carbons (Fsp3) is 0.188. The third-order valence-corrected chi connectivity index (χ3v) is 3.99. The van der Waals surface area contributed by atoms with Gasteiger partial charge in [-0.2, -0.15) is 5.10 Å². The molecule has 0 amide bonds. The summed E-state index contributed by atoms with van der Waals surface area (Å²) < 4.78 is 13.7. The summed E-state index contributed by atoms with van der Waals surface area (Å²) in [5, 5.41) is 11.5. The number of aromatic amines is 1. The highest BCUT2D eigenvalue weighted by molar-refractivity contribution is 5.81. The van der Waals surface area contributed by atoms with E-state index in [1.807, 2.05) is 24.4 Å². The average Bonchev–Trinajstić information content (AvgIpc) is 3.06. The molecule has 4 heteroatoms. The third kappa shape index (κ3) is 1.76. The van der Waals surface area contributed by atoms with E-state index in [2.05, 4.69) is 21.6 Å². The van der Waals surface area contributed by atoms with Crippen LogP contribution in [-0.2, 0) is 6.42 Å². The van der Waals surface area contributed by atoms with Gasteiger partial charge in [0, 0.05) is 11.1 Å². The molecule has 0 radical (unpaired) electrons. The van der Waals surface area contributed by atoms with Gasteiger partial charge in [-0.25, -0.2) is 4.39 Å². The van der Waals surface area contributed by atoms with Gasteiger partial charge in [-0.15, -0.1) is 0 Å². The molecule has 0 spiro atoms. The van der Waals surface area contributed by atoms with Gasteiger partial charge in [0.25, 0.3) is 0 Å². The van der Waals surface area contributed by atoms with Crippen LogP contribution in [0.2, 0.25) is 0 Å². The number of rotatable bonds is 2. The topological polar surface area (TPSA) is 40.7 Å². The van der Waals surface area contributed by atoms with Gasteiger partial charge in [0.1, 0.15) is 5.82 Å². The van der Waals surface area contributed by atoms with E-state index in [1.165, 1.54) is 0 Å². The second-order valence-electron chi connectivity index (χ2n) is 5.22. The minimum atomic E-state index is -0.0860. The lowest BCUT2D eigenvalue weighted by molar-refractivity contribution is 0.612. The Bertz CT molecular complexity index is 778. The monoisotopic (exact) mass is 267 g/mol. The van der Waals surface area contributed by atoms with Crippen LogP contribution in [0.3, 0.4) is 0 Å². The number of nitrogens with zero attached hydrogens (tertiary/aromatic N) is 1. The molecule has 0 saturated carbocycles. The molecule has 1 unspecified atom stereocenters. The van der Waals surface area contributed by atoms with E-state index < -0.39 is 0 Å². The Balaban J connectivity index is 1.66. The maximum Gasteiger partial charge on any atom is 0.126 e.